The van der Waals surface area contributed by atoms with Crippen molar-refractivity contribution in [2.45, 2.75) is 25.4 Å². The fourth-order valence-corrected chi connectivity index (χ4v) is 3.66. The summed E-state index contributed by atoms with van der Waals surface area (Å²) in [5.74, 6) is -0.0841. The lowest BCUT2D eigenvalue weighted by atomic mass is 9.76. The monoisotopic (exact) mass is 420 g/mol. The first kappa shape index (κ1) is 21.7. The van der Waals surface area contributed by atoms with Crippen LogP contribution in [0.4, 0.5) is 13.2 Å². The summed E-state index contributed by atoms with van der Waals surface area (Å²) in [6, 6.07) is 13.4. The largest absolute Gasteiger partial charge is 0.493 e. The molecule has 5 nitrogen and oxygen atoms in total. The van der Waals surface area contributed by atoms with Gasteiger partial charge in [-0.05, 0) is 49.2 Å². The zero-order valence-corrected chi connectivity index (χ0v) is 16.3. The van der Waals surface area contributed by atoms with Gasteiger partial charge in [0.2, 0.25) is 5.91 Å². The van der Waals surface area contributed by atoms with Crippen LogP contribution in [0.25, 0.3) is 0 Å². The van der Waals surface area contributed by atoms with Crippen LogP contribution in [0, 0.1) is 5.41 Å². The molecule has 1 saturated heterocycles. The van der Waals surface area contributed by atoms with Crippen molar-refractivity contribution in [3.05, 3.63) is 65.7 Å². The fraction of sp³-hybridized carbons (Fsp3) is 0.364. The van der Waals surface area contributed by atoms with Gasteiger partial charge in [-0.1, -0.05) is 18.2 Å². The Morgan fingerprint density at radius 3 is 2.13 bits per heavy atom. The van der Waals surface area contributed by atoms with E-state index >= 15 is 0 Å². The Labute approximate surface area is 172 Å². The van der Waals surface area contributed by atoms with Gasteiger partial charge in [0.1, 0.15) is 5.75 Å². The van der Waals surface area contributed by atoms with Crippen molar-refractivity contribution >= 4 is 11.8 Å². The molecule has 0 spiro atoms. The van der Waals surface area contributed by atoms with Crippen LogP contribution in [0.15, 0.2) is 54.6 Å². The van der Waals surface area contributed by atoms with Gasteiger partial charge in [-0.3, -0.25) is 9.59 Å². The maximum atomic E-state index is 12.7. The Morgan fingerprint density at radius 1 is 1.00 bits per heavy atom. The summed E-state index contributed by atoms with van der Waals surface area (Å²) >= 11 is 0. The zero-order chi connectivity index (χ0) is 21.8. The number of rotatable bonds is 6. The quantitative estimate of drug-likeness (QED) is 0.771. The Morgan fingerprint density at radius 2 is 1.60 bits per heavy atom. The minimum Gasteiger partial charge on any atom is -0.493 e. The highest BCUT2D eigenvalue weighted by molar-refractivity contribution is 5.94. The number of para-hydroxylation sites is 1. The van der Waals surface area contributed by atoms with E-state index in [1.54, 1.807) is 4.90 Å². The van der Waals surface area contributed by atoms with Gasteiger partial charge in [0.15, 0.2) is 0 Å². The molecule has 0 bridgehead atoms. The van der Waals surface area contributed by atoms with Crippen molar-refractivity contribution in [3.63, 3.8) is 0 Å². The molecule has 0 saturated carbocycles. The Balaban J connectivity index is 1.65. The molecule has 0 unspecified atom stereocenters. The van der Waals surface area contributed by atoms with Crippen LogP contribution in [0.2, 0.25) is 0 Å². The first-order chi connectivity index (χ1) is 14.2. The van der Waals surface area contributed by atoms with E-state index in [9.17, 15) is 22.8 Å². The number of hydrogen-bond acceptors (Lipinski definition) is 3. The molecule has 2 amide bonds. The number of primary amides is 1. The number of alkyl halides is 3. The highest BCUT2D eigenvalue weighted by atomic mass is 19.4. The van der Waals surface area contributed by atoms with Crippen LogP contribution < -0.4 is 10.5 Å². The molecular weight excluding hydrogens is 397 g/mol. The third-order valence-electron chi connectivity index (χ3n) is 5.41. The van der Waals surface area contributed by atoms with Gasteiger partial charge in [-0.15, -0.1) is 0 Å². The Hall–Kier alpha value is -3.03. The van der Waals surface area contributed by atoms with Crippen molar-refractivity contribution < 1.29 is 27.5 Å². The number of ether oxygens (including phenoxy) is 1. The molecule has 0 radical (unpaired) electrons. The summed E-state index contributed by atoms with van der Waals surface area (Å²) in [7, 11) is 0. The molecule has 30 heavy (non-hydrogen) atoms. The molecule has 1 fully saturated rings. The third kappa shape index (κ3) is 5.31. The first-order valence-electron chi connectivity index (χ1n) is 9.61. The summed E-state index contributed by atoms with van der Waals surface area (Å²) in [5.41, 5.74) is 4.36. The lowest BCUT2D eigenvalue weighted by molar-refractivity contribution is -0.137. The van der Waals surface area contributed by atoms with E-state index in [0.29, 0.717) is 38.3 Å². The summed E-state index contributed by atoms with van der Waals surface area (Å²) in [4.78, 5) is 25.9. The van der Waals surface area contributed by atoms with E-state index in [4.69, 9.17) is 10.5 Å². The topological polar surface area (TPSA) is 72.6 Å². The van der Waals surface area contributed by atoms with Gasteiger partial charge < -0.3 is 15.4 Å². The van der Waals surface area contributed by atoms with Gasteiger partial charge >= 0.3 is 6.18 Å². The number of amides is 2. The molecule has 0 atom stereocenters. The molecule has 160 valence electrons. The van der Waals surface area contributed by atoms with Gasteiger partial charge in [0.05, 0.1) is 12.2 Å². The second kappa shape index (κ2) is 8.77. The summed E-state index contributed by atoms with van der Waals surface area (Å²) in [6.07, 6.45) is -3.29. The van der Waals surface area contributed by atoms with Gasteiger partial charge in [-0.2, -0.15) is 13.2 Å². The van der Waals surface area contributed by atoms with Gasteiger partial charge in [-0.25, -0.2) is 0 Å². The maximum Gasteiger partial charge on any atom is 0.416 e. The van der Waals surface area contributed by atoms with Crippen molar-refractivity contribution in [3.8, 4) is 5.75 Å². The number of carbonyl (C=O) groups is 2. The summed E-state index contributed by atoms with van der Waals surface area (Å²) < 4.78 is 44.0. The molecular formula is C22H23F3N2O3. The average molecular weight is 420 g/mol. The summed E-state index contributed by atoms with van der Waals surface area (Å²) in [5, 5.41) is 0. The standard InChI is InChI=1S/C22H23F3N2O3/c23-22(24,25)17-8-6-16(7-9-17)20(29)27-12-10-21(11-13-27,14-19(26)28)15-30-18-4-2-1-3-5-18/h1-9H,10-15H2,(H2,26,28). The van der Waals surface area contributed by atoms with E-state index in [0.717, 1.165) is 12.1 Å². The predicted octanol–water partition coefficient (Wildman–Crippen LogP) is 3.88. The lowest BCUT2D eigenvalue weighted by Crippen LogP contribution is -2.47. The van der Waals surface area contributed by atoms with Gasteiger partial charge in [0, 0.05) is 30.5 Å². The Kier molecular flexibility index (Phi) is 6.34. The molecule has 3 rings (SSSR count). The van der Waals surface area contributed by atoms with Crippen molar-refractivity contribution in [2.24, 2.45) is 11.1 Å². The lowest BCUT2D eigenvalue weighted by Gasteiger charge is -2.41. The molecule has 0 aromatic heterocycles. The number of hydrogen-bond donors (Lipinski definition) is 1. The predicted molar refractivity (Wildman–Crippen MR) is 105 cm³/mol. The molecule has 2 aromatic carbocycles. The minimum absolute atomic E-state index is 0.141. The molecule has 8 heteroatoms. The molecule has 2 N–H and O–H groups in total. The number of likely N-dealkylation sites (tertiary alicyclic amines) is 1. The number of nitrogens with two attached hydrogens (primary N) is 1. The van der Waals surface area contributed by atoms with Crippen LogP contribution in [0.1, 0.15) is 35.2 Å². The average Bonchev–Trinajstić information content (AvgIpc) is 2.72. The zero-order valence-electron chi connectivity index (χ0n) is 16.3. The Bertz CT molecular complexity index is 875. The van der Waals surface area contributed by atoms with Crippen LogP contribution in [-0.2, 0) is 11.0 Å². The van der Waals surface area contributed by atoms with Crippen molar-refractivity contribution in [2.75, 3.05) is 19.7 Å². The minimum atomic E-state index is -4.44. The van der Waals surface area contributed by atoms with Crippen molar-refractivity contribution in [1.29, 1.82) is 0 Å². The number of nitrogens with zero attached hydrogens (tertiary/aromatic N) is 1. The second-order valence-corrected chi connectivity index (χ2v) is 7.61. The first-order valence-corrected chi connectivity index (χ1v) is 9.61. The molecule has 1 heterocycles. The van der Waals surface area contributed by atoms with E-state index in [1.165, 1.54) is 12.1 Å². The third-order valence-corrected chi connectivity index (χ3v) is 5.41. The van der Waals surface area contributed by atoms with E-state index < -0.39 is 23.1 Å². The number of carbonyl (C=O) groups excluding carboxylic acids is 2. The summed E-state index contributed by atoms with van der Waals surface area (Å²) in [6.45, 7) is 1.03. The van der Waals surface area contributed by atoms with E-state index in [1.807, 2.05) is 30.3 Å². The molecule has 1 aliphatic rings. The van der Waals surface area contributed by atoms with Crippen LogP contribution >= 0.6 is 0 Å². The molecule has 2 aromatic rings. The highest BCUT2D eigenvalue weighted by Gasteiger charge is 2.38. The smallest absolute Gasteiger partial charge is 0.416 e. The second-order valence-electron chi connectivity index (χ2n) is 7.61. The van der Waals surface area contributed by atoms with Crippen LogP contribution in [0.3, 0.4) is 0 Å². The van der Waals surface area contributed by atoms with E-state index in [2.05, 4.69) is 0 Å². The van der Waals surface area contributed by atoms with E-state index in [-0.39, 0.29) is 17.9 Å². The normalized spacial score (nSPS) is 16.2. The highest BCUT2D eigenvalue weighted by Crippen LogP contribution is 2.36. The number of benzene rings is 2. The SMILES string of the molecule is NC(=O)CC1(COc2ccccc2)CCN(C(=O)c2ccc(C(F)(F)F)cc2)CC1. The maximum absolute atomic E-state index is 12.7. The number of piperidine rings is 1. The molecule has 0 aliphatic carbocycles. The van der Waals surface area contributed by atoms with Crippen molar-refractivity contribution in [1.82, 2.24) is 4.90 Å². The molecule has 1 aliphatic heterocycles. The number of halogens is 3. The van der Waals surface area contributed by atoms with Crippen LogP contribution in [-0.4, -0.2) is 36.4 Å². The fourth-order valence-electron chi connectivity index (χ4n) is 3.66. The van der Waals surface area contributed by atoms with Crippen LogP contribution in [0.5, 0.6) is 5.75 Å². The van der Waals surface area contributed by atoms with Gasteiger partial charge in [0.25, 0.3) is 5.91 Å².